The Kier molecular flexibility index (Phi) is 3.22. The Labute approximate surface area is 118 Å². The molecular formula is C16H19N4+. The summed E-state index contributed by atoms with van der Waals surface area (Å²) in [5.41, 5.74) is 4.86. The summed E-state index contributed by atoms with van der Waals surface area (Å²) in [5.74, 6) is 0.771. The van der Waals surface area contributed by atoms with Gasteiger partial charge in [-0.25, -0.2) is 0 Å². The van der Waals surface area contributed by atoms with Gasteiger partial charge in [-0.2, -0.15) is 4.40 Å². The molecule has 2 heterocycles. The number of hydrogen-bond donors (Lipinski definition) is 0. The Morgan fingerprint density at radius 1 is 1.15 bits per heavy atom. The molecule has 0 N–H and O–H groups in total. The smallest absolute Gasteiger partial charge is 0.195 e. The van der Waals surface area contributed by atoms with Gasteiger partial charge in [0.1, 0.15) is 12.2 Å². The lowest BCUT2D eigenvalue weighted by molar-refractivity contribution is -0.524. The van der Waals surface area contributed by atoms with E-state index in [0.717, 1.165) is 24.4 Å². The summed E-state index contributed by atoms with van der Waals surface area (Å²) in [6.45, 7) is 7.12. The first-order valence-corrected chi connectivity index (χ1v) is 6.98. The molecular weight excluding hydrogens is 248 g/mol. The second kappa shape index (κ2) is 5.04. The molecule has 3 rings (SSSR count). The second-order valence-electron chi connectivity index (χ2n) is 5.08. The van der Waals surface area contributed by atoms with E-state index in [-0.39, 0.29) is 0 Å². The molecule has 1 aromatic carbocycles. The molecule has 4 heteroatoms. The molecule has 0 spiro atoms. The van der Waals surface area contributed by atoms with Gasteiger partial charge in [0.25, 0.3) is 0 Å². The topological polar surface area (TPSA) is 34.8 Å². The summed E-state index contributed by atoms with van der Waals surface area (Å²) < 4.78 is 4.03. The van der Waals surface area contributed by atoms with Crippen LogP contribution in [0.15, 0.2) is 36.7 Å². The summed E-state index contributed by atoms with van der Waals surface area (Å²) in [7, 11) is 0. The molecule has 2 aromatic heterocycles. The number of nitrogens with zero attached hydrogens (tertiary/aromatic N) is 4. The average molecular weight is 267 g/mol. The third-order valence-electron chi connectivity index (χ3n) is 3.73. The first-order chi connectivity index (χ1) is 9.69. The quantitative estimate of drug-likeness (QED) is 0.682. The lowest BCUT2D eigenvalue weighted by Crippen LogP contribution is -2.27. The third-order valence-corrected chi connectivity index (χ3v) is 3.73. The maximum Gasteiger partial charge on any atom is 0.419 e. The van der Waals surface area contributed by atoms with Crippen LogP contribution >= 0.6 is 0 Å². The third kappa shape index (κ3) is 2.18. The van der Waals surface area contributed by atoms with E-state index in [1.807, 2.05) is 17.1 Å². The van der Waals surface area contributed by atoms with Crippen molar-refractivity contribution in [3.63, 3.8) is 0 Å². The maximum atomic E-state index is 4.60. The van der Waals surface area contributed by atoms with Crippen molar-refractivity contribution in [1.82, 2.24) is 14.8 Å². The molecule has 0 aliphatic heterocycles. The Morgan fingerprint density at radius 2 is 1.90 bits per heavy atom. The van der Waals surface area contributed by atoms with Crippen molar-refractivity contribution >= 4 is 5.78 Å². The number of aryl methyl sites for hydroxylation is 2. The normalized spacial score (nSPS) is 11.2. The van der Waals surface area contributed by atoms with Crippen LogP contribution in [-0.2, 0) is 13.0 Å². The van der Waals surface area contributed by atoms with E-state index in [1.165, 1.54) is 16.8 Å². The summed E-state index contributed by atoms with van der Waals surface area (Å²) >= 11 is 0. The summed E-state index contributed by atoms with van der Waals surface area (Å²) in [6, 6.07) is 10.4. The lowest BCUT2D eigenvalue weighted by Gasteiger charge is -2.02. The van der Waals surface area contributed by atoms with E-state index in [0.29, 0.717) is 0 Å². The number of hydrogen-bond acceptors (Lipinski definition) is 2. The zero-order valence-electron chi connectivity index (χ0n) is 12.2. The summed E-state index contributed by atoms with van der Waals surface area (Å²) in [6.07, 6.45) is 3.03. The molecule has 0 amide bonds. The Morgan fingerprint density at radius 3 is 2.60 bits per heavy atom. The minimum atomic E-state index is 0.768. The number of fused-ring (bicyclic) bond motifs is 1. The first kappa shape index (κ1) is 12.8. The van der Waals surface area contributed by atoms with Gasteiger partial charge in [-0.1, -0.05) is 37.3 Å². The van der Waals surface area contributed by atoms with Crippen LogP contribution in [0.5, 0.6) is 0 Å². The predicted molar refractivity (Wildman–Crippen MR) is 77.6 cm³/mol. The maximum absolute atomic E-state index is 4.60. The van der Waals surface area contributed by atoms with Crippen molar-refractivity contribution in [1.29, 1.82) is 0 Å². The van der Waals surface area contributed by atoms with Gasteiger partial charge in [0, 0.05) is 10.7 Å². The highest BCUT2D eigenvalue weighted by Gasteiger charge is 2.17. The van der Waals surface area contributed by atoms with Crippen molar-refractivity contribution in [3.05, 3.63) is 59.2 Å². The fourth-order valence-electron chi connectivity index (χ4n) is 2.67. The van der Waals surface area contributed by atoms with Gasteiger partial charge in [-0.3, -0.25) is 0 Å². The second-order valence-corrected chi connectivity index (χ2v) is 5.08. The van der Waals surface area contributed by atoms with Crippen LogP contribution in [0.4, 0.5) is 0 Å². The molecule has 0 fully saturated rings. The fraction of sp³-hybridized carbons (Fsp3) is 0.312. The zero-order chi connectivity index (χ0) is 14.1. The minimum absolute atomic E-state index is 0.768. The Hall–Kier alpha value is -2.23. The highest BCUT2D eigenvalue weighted by Crippen LogP contribution is 2.10. The largest absolute Gasteiger partial charge is 0.419 e. The lowest BCUT2D eigenvalue weighted by atomic mass is 10.1. The van der Waals surface area contributed by atoms with E-state index in [9.17, 15) is 0 Å². The molecule has 20 heavy (non-hydrogen) atoms. The molecule has 0 aliphatic rings. The summed E-state index contributed by atoms with van der Waals surface area (Å²) in [4.78, 5) is 4.60. The van der Waals surface area contributed by atoms with Gasteiger partial charge in [-0.15, -0.1) is 9.67 Å². The van der Waals surface area contributed by atoms with E-state index >= 15 is 0 Å². The van der Waals surface area contributed by atoms with E-state index < -0.39 is 0 Å². The number of benzene rings is 1. The van der Waals surface area contributed by atoms with Gasteiger partial charge in [0.15, 0.2) is 6.33 Å². The molecule has 102 valence electrons. The number of rotatable bonds is 3. The van der Waals surface area contributed by atoms with E-state index in [1.54, 1.807) is 0 Å². The van der Waals surface area contributed by atoms with Gasteiger partial charge < -0.3 is 0 Å². The molecule has 0 unspecified atom stereocenters. The molecule has 0 bridgehead atoms. The Balaban J connectivity index is 2.05. The van der Waals surface area contributed by atoms with Crippen molar-refractivity contribution in [2.45, 2.75) is 33.7 Å². The van der Waals surface area contributed by atoms with Crippen molar-refractivity contribution in [2.24, 2.45) is 0 Å². The van der Waals surface area contributed by atoms with Crippen LogP contribution in [0.25, 0.3) is 5.78 Å². The van der Waals surface area contributed by atoms with E-state index in [2.05, 4.69) is 59.5 Å². The number of aromatic nitrogens is 4. The average Bonchev–Trinajstić information content (AvgIpc) is 2.83. The van der Waals surface area contributed by atoms with Crippen LogP contribution in [-0.4, -0.2) is 14.8 Å². The molecule has 0 aliphatic carbocycles. The fourth-order valence-corrected chi connectivity index (χ4v) is 2.67. The first-order valence-electron chi connectivity index (χ1n) is 6.98. The monoisotopic (exact) mass is 267 g/mol. The van der Waals surface area contributed by atoms with E-state index in [4.69, 9.17) is 0 Å². The van der Waals surface area contributed by atoms with Crippen LogP contribution in [0.1, 0.15) is 29.4 Å². The van der Waals surface area contributed by atoms with Gasteiger partial charge in [0.2, 0.25) is 0 Å². The van der Waals surface area contributed by atoms with Gasteiger partial charge in [-0.05, 0) is 25.8 Å². The highest BCUT2D eigenvalue weighted by molar-refractivity contribution is 5.27. The molecule has 4 nitrogen and oxygen atoms in total. The predicted octanol–water partition coefficient (Wildman–Crippen LogP) is 2.24. The minimum Gasteiger partial charge on any atom is -0.195 e. The van der Waals surface area contributed by atoms with Crippen LogP contribution in [0, 0.1) is 13.8 Å². The van der Waals surface area contributed by atoms with Crippen LogP contribution < -0.4 is 4.40 Å². The molecule has 0 saturated carbocycles. The molecule has 0 saturated heterocycles. The van der Waals surface area contributed by atoms with Crippen LogP contribution in [0.3, 0.4) is 0 Å². The van der Waals surface area contributed by atoms with Crippen molar-refractivity contribution in [2.75, 3.05) is 0 Å². The van der Waals surface area contributed by atoms with Gasteiger partial charge >= 0.3 is 5.78 Å². The molecule has 3 aromatic rings. The zero-order valence-corrected chi connectivity index (χ0v) is 12.2. The molecule has 0 atom stereocenters. The summed E-state index contributed by atoms with van der Waals surface area (Å²) in [5, 5.41) is 4.57. The Bertz CT molecular complexity index is 744. The SMILES string of the molecule is CCc1c(C)nc2nn(Cc3ccccc3)c[n+]2c1C. The van der Waals surface area contributed by atoms with Crippen LogP contribution in [0.2, 0.25) is 0 Å². The van der Waals surface area contributed by atoms with Gasteiger partial charge in [0.05, 0.1) is 5.69 Å². The van der Waals surface area contributed by atoms with Crippen molar-refractivity contribution in [3.8, 4) is 0 Å². The highest BCUT2D eigenvalue weighted by atomic mass is 15.4. The van der Waals surface area contributed by atoms with Crippen molar-refractivity contribution < 1.29 is 4.40 Å². The molecule has 0 radical (unpaired) electrons. The standard InChI is InChI=1S/C16H19N4/c1-4-15-12(2)17-16-18-19(11-20(16)13(15)3)10-14-8-6-5-7-9-14/h5-9,11H,4,10H2,1-3H3/q+1.